The van der Waals surface area contributed by atoms with E-state index in [4.69, 9.17) is 9.47 Å². The minimum Gasteiger partial charge on any atom is -0.497 e. The number of benzene rings is 2. The summed E-state index contributed by atoms with van der Waals surface area (Å²) in [5, 5.41) is 20.7. The summed E-state index contributed by atoms with van der Waals surface area (Å²) in [5.74, 6) is -0.631. The van der Waals surface area contributed by atoms with Crippen LogP contribution in [-0.4, -0.2) is 60.1 Å². The lowest BCUT2D eigenvalue weighted by Gasteiger charge is -2.41. The van der Waals surface area contributed by atoms with Gasteiger partial charge in [-0.1, -0.05) is 0 Å². The molecule has 0 saturated carbocycles. The molecule has 2 heterocycles. The number of aliphatic hydroxyl groups is 2. The van der Waals surface area contributed by atoms with Crippen LogP contribution in [0.3, 0.4) is 0 Å². The number of fused-ring (bicyclic) bond motifs is 1. The molecule has 3 aromatic rings. The number of rotatable bonds is 11. The topological polar surface area (TPSA) is 75.0 Å². The Hall–Kier alpha value is -2.88. The summed E-state index contributed by atoms with van der Waals surface area (Å²) in [4.78, 5) is 6.51. The molecule has 0 radical (unpaired) electrons. The molecule has 0 amide bonds. The fraction of sp³-hybridized carbons (Fsp3) is 0.464. The molecular weight excluding hydrogens is 485 g/mol. The Morgan fingerprint density at radius 2 is 1.78 bits per heavy atom. The molecule has 1 aliphatic heterocycles. The summed E-state index contributed by atoms with van der Waals surface area (Å²) >= 11 is 0. The average molecular weight is 519 g/mol. The molecule has 0 aliphatic carbocycles. The van der Waals surface area contributed by atoms with Gasteiger partial charge < -0.3 is 19.7 Å². The zero-order valence-electron chi connectivity index (χ0n) is 20.9. The Morgan fingerprint density at radius 3 is 2.43 bits per heavy atom. The highest BCUT2D eigenvalue weighted by molar-refractivity contribution is 5.85. The van der Waals surface area contributed by atoms with Crippen molar-refractivity contribution >= 4 is 10.9 Å². The monoisotopic (exact) mass is 518 g/mol. The van der Waals surface area contributed by atoms with Crippen molar-refractivity contribution in [3.63, 3.8) is 0 Å². The van der Waals surface area contributed by atoms with Gasteiger partial charge in [0.05, 0.1) is 19.2 Å². The molecule has 200 valence electrons. The molecule has 1 aromatic heterocycles. The number of nitrogens with zero attached hydrogens (tertiary/aromatic N) is 2. The number of hydrogen-bond donors (Lipinski definition) is 2. The Labute approximate surface area is 214 Å². The predicted octanol–water partition coefficient (Wildman–Crippen LogP) is 4.96. The Bertz CT molecular complexity index is 1180. The third kappa shape index (κ3) is 6.52. The average Bonchev–Trinajstić information content (AvgIpc) is 2.91. The highest BCUT2D eigenvalue weighted by Crippen LogP contribution is 2.41. The molecule has 1 aliphatic rings. The number of alkyl halides is 1. The second kappa shape index (κ2) is 12.1. The van der Waals surface area contributed by atoms with Crippen molar-refractivity contribution in [2.24, 2.45) is 5.41 Å². The molecule has 0 bridgehead atoms. The maximum absolute atomic E-state index is 15.7. The second-order valence-corrected chi connectivity index (χ2v) is 9.70. The maximum Gasteiger partial charge on any atom is 0.129 e. The van der Waals surface area contributed by atoms with Gasteiger partial charge in [-0.25, -0.2) is 13.2 Å². The summed E-state index contributed by atoms with van der Waals surface area (Å²) in [6.45, 7) is 1.91. The van der Waals surface area contributed by atoms with E-state index in [0.29, 0.717) is 66.7 Å². The van der Waals surface area contributed by atoms with Gasteiger partial charge in [-0.3, -0.25) is 9.88 Å². The molecule has 1 atom stereocenters. The van der Waals surface area contributed by atoms with E-state index in [0.717, 1.165) is 18.2 Å². The number of likely N-dealkylation sites (tertiary alicyclic amines) is 1. The number of aliphatic hydroxyl groups excluding tert-OH is 2. The van der Waals surface area contributed by atoms with Crippen LogP contribution in [-0.2, 0) is 6.61 Å². The maximum atomic E-state index is 15.7. The van der Waals surface area contributed by atoms with Crippen LogP contribution in [0.5, 0.6) is 11.5 Å². The van der Waals surface area contributed by atoms with Crippen molar-refractivity contribution in [2.75, 3.05) is 40.0 Å². The van der Waals surface area contributed by atoms with E-state index >= 15 is 4.39 Å². The number of aromatic nitrogens is 1. The van der Waals surface area contributed by atoms with Gasteiger partial charge in [-0.15, -0.1) is 0 Å². The fourth-order valence-electron chi connectivity index (χ4n) is 5.08. The first kappa shape index (κ1) is 27.2. The number of pyridine rings is 1. The van der Waals surface area contributed by atoms with E-state index < -0.39 is 23.2 Å². The number of hydrogen-bond acceptors (Lipinski definition) is 6. The van der Waals surface area contributed by atoms with Crippen LogP contribution in [0.2, 0.25) is 0 Å². The van der Waals surface area contributed by atoms with E-state index in [1.54, 1.807) is 25.3 Å². The summed E-state index contributed by atoms with van der Waals surface area (Å²) < 4.78 is 53.2. The third-order valence-electron chi connectivity index (χ3n) is 7.38. The Kier molecular flexibility index (Phi) is 8.89. The van der Waals surface area contributed by atoms with Crippen LogP contribution < -0.4 is 9.47 Å². The zero-order valence-corrected chi connectivity index (χ0v) is 20.9. The van der Waals surface area contributed by atoms with Crippen LogP contribution >= 0.6 is 0 Å². The first-order valence-corrected chi connectivity index (χ1v) is 12.5. The molecule has 9 heteroatoms. The summed E-state index contributed by atoms with van der Waals surface area (Å²) in [6.07, 6.45) is 2.28. The van der Waals surface area contributed by atoms with Crippen LogP contribution in [0.1, 0.15) is 43.0 Å². The number of halogens is 3. The van der Waals surface area contributed by atoms with Crippen LogP contribution in [0.15, 0.2) is 42.6 Å². The van der Waals surface area contributed by atoms with E-state index in [9.17, 15) is 19.0 Å². The van der Waals surface area contributed by atoms with Crippen molar-refractivity contribution in [3.05, 3.63) is 65.4 Å². The van der Waals surface area contributed by atoms with Crippen molar-refractivity contribution in [1.29, 1.82) is 0 Å². The minimum absolute atomic E-state index is 0.0373. The van der Waals surface area contributed by atoms with Gasteiger partial charge in [0, 0.05) is 54.1 Å². The van der Waals surface area contributed by atoms with Crippen molar-refractivity contribution in [2.45, 2.75) is 38.5 Å². The summed E-state index contributed by atoms with van der Waals surface area (Å²) in [6, 6.07) is 8.37. The van der Waals surface area contributed by atoms with Crippen LogP contribution in [0.25, 0.3) is 10.9 Å². The highest BCUT2D eigenvalue weighted by Gasteiger charge is 2.35. The predicted molar refractivity (Wildman–Crippen MR) is 134 cm³/mol. The minimum atomic E-state index is -1.33. The van der Waals surface area contributed by atoms with Gasteiger partial charge in [0.25, 0.3) is 0 Å². The quantitative estimate of drug-likeness (QED) is 0.374. The summed E-state index contributed by atoms with van der Waals surface area (Å²) in [5.41, 5.74) is 1.10. The van der Waals surface area contributed by atoms with Gasteiger partial charge in [0.2, 0.25) is 0 Å². The molecule has 2 aromatic carbocycles. The largest absolute Gasteiger partial charge is 0.497 e. The van der Waals surface area contributed by atoms with Gasteiger partial charge in [-0.05, 0) is 62.4 Å². The third-order valence-corrected chi connectivity index (χ3v) is 7.38. The number of ether oxygens (including phenoxy) is 2. The smallest absolute Gasteiger partial charge is 0.129 e. The first-order chi connectivity index (χ1) is 17.9. The van der Waals surface area contributed by atoms with E-state index in [1.165, 1.54) is 6.20 Å². The van der Waals surface area contributed by atoms with Crippen molar-refractivity contribution in [1.82, 2.24) is 9.88 Å². The molecule has 0 spiro atoms. The van der Waals surface area contributed by atoms with Gasteiger partial charge in [0.1, 0.15) is 35.9 Å². The van der Waals surface area contributed by atoms with Crippen molar-refractivity contribution < 1.29 is 32.9 Å². The molecule has 1 fully saturated rings. The first-order valence-electron chi connectivity index (χ1n) is 12.5. The van der Waals surface area contributed by atoms with Crippen molar-refractivity contribution in [3.8, 4) is 11.5 Å². The standard InChI is InChI=1S/C28H33F3N2O4/c1-36-22-2-3-26-24(15-22)27(19(17-34)16-32-26)25(31)4-5-28(18-35)6-8-33(9-7-28)10-11-37-23-13-20(29)12-21(30)14-23/h2-3,12-16,25,34-35H,4-11,17-18H2,1H3/t25-/m0/s1. The molecular formula is C28H33F3N2O4. The van der Waals surface area contributed by atoms with Gasteiger partial charge in [-0.2, -0.15) is 0 Å². The summed E-state index contributed by atoms with van der Waals surface area (Å²) in [7, 11) is 1.54. The lowest BCUT2D eigenvalue weighted by atomic mass is 9.74. The highest BCUT2D eigenvalue weighted by atomic mass is 19.1. The van der Waals surface area contributed by atoms with Crippen LogP contribution in [0.4, 0.5) is 13.2 Å². The normalized spacial score (nSPS) is 16.6. The fourth-order valence-corrected chi connectivity index (χ4v) is 5.08. The molecule has 37 heavy (non-hydrogen) atoms. The lowest BCUT2D eigenvalue weighted by molar-refractivity contribution is 0.0265. The van der Waals surface area contributed by atoms with E-state index in [1.807, 2.05) is 0 Å². The van der Waals surface area contributed by atoms with E-state index in [2.05, 4.69) is 9.88 Å². The van der Waals surface area contributed by atoms with E-state index in [-0.39, 0.29) is 32.0 Å². The molecule has 2 N–H and O–H groups in total. The number of methoxy groups -OCH3 is 1. The van der Waals surface area contributed by atoms with Gasteiger partial charge in [0.15, 0.2) is 0 Å². The Morgan fingerprint density at radius 1 is 1.05 bits per heavy atom. The number of piperidine rings is 1. The molecule has 0 unspecified atom stereocenters. The molecule has 4 rings (SSSR count). The SMILES string of the molecule is COc1ccc2ncc(CO)c([C@@H](F)CCC3(CO)CCN(CCOc4cc(F)cc(F)c4)CC3)c2c1. The molecule has 6 nitrogen and oxygen atoms in total. The second-order valence-electron chi connectivity index (χ2n) is 9.70. The molecule has 1 saturated heterocycles. The van der Waals surface area contributed by atoms with Crippen LogP contribution in [0, 0.1) is 17.0 Å². The lowest BCUT2D eigenvalue weighted by Crippen LogP contribution is -2.43. The Balaban J connectivity index is 1.35. The zero-order chi connectivity index (χ0) is 26.4. The van der Waals surface area contributed by atoms with Gasteiger partial charge >= 0.3 is 0 Å².